The van der Waals surface area contributed by atoms with Crippen LogP contribution in [0.2, 0.25) is 0 Å². The molecule has 2 rings (SSSR count). The van der Waals surface area contributed by atoms with Gasteiger partial charge in [0, 0.05) is 19.1 Å². The molecule has 0 spiro atoms. The van der Waals surface area contributed by atoms with Gasteiger partial charge in [-0.3, -0.25) is 9.88 Å². The minimum Gasteiger partial charge on any atom is -0.474 e. The van der Waals surface area contributed by atoms with Gasteiger partial charge in [0.15, 0.2) is 5.82 Å². The summed E-state index contributed by atoms with van der Waals surface area (Å²) < 4.78 is 5.62. The molecule has 0 aromatic carbocycles. The van der Waals surface area contributed by atoms with Crippen LogP contribution in [-0.4, -0.2) is 53.2 Å². The molecular weight excluding hydrogens is 252 g/mol. The van der Waals surface area contributed by atoms with Gasteiger partial charge in [-0.05, 0) is 33.4 Å². The van der Waals surface area contributed by atoms with E-state index in [1.807, 2.05) is 20.0 Å². The van der Waals surface area contributed by atoms with Crippen LogP contribution in [0.25, 0.3) is 0 Å². The van der Waals surface area contributed by atoms with Crippen LogP contribution in [-0.2, 0) is 0 Å². The molecule has 0 amide bonds. The molecule has 112 valence electrons. The average Bonchev–Trinajstić information content (AvgIpc) is 2.89. The molecule has 0 saturated carbocycles. The lowest BCUT2D eigenvalue weighted by molar-refractivity contribution is 0.230. The lowest BCUT2D eigenvalue weighted by Gasteiger charge is -2.26. The third-order valence-corrected chi connectivity index (χ3v) is 3.77. The number of aromatic nitrogens is 2. The lowest BCUT2D eigenvalue weighted by atomic mass is 10.2. The highest BCUT2D eigenvalue weighted by atomic mass is 16.5. The molecular formula is C15H26N4O. The summed E-state index contributed by atoms with van der Waals surface area (Å²) in [6.07, 6.45) is 4.83. The van der Waals surface area contributed by atoms with Crippen molar-refractivity contribution in [1.82, 2.24) is 14.9 Å². The maximum atomic E-state index is 5.62. The summed E-state index contributed by atoms with van der Waals surface area (Å²) in [5.41, 5.74) is 0. The van der Waals surface area contributed by atoms with Crippen molar-refractivity contribution in [2.24, 2.45) is 0 Å². The summed E-state index contributed by atoms with van der Waals surface area (Å²) in [4.78, 5) is 13.6. The minimum atomic E-state index is 0.126. The van der Waals surface area contributed by atoms with E-state index in [1.54, 1.807) is 6.20 Å². The van der Waals surface area contributed by atoms with Gasteiger partial charge < -0.3 is 9.64 Å². The highest BCUT2D eigenvalue weighted by Crippen LogP contribution is 2.22. The zero-order valence-corrected chi connectivity index (χ0v) is 13.0. The molecule has 5 heteroatoms. The summed E-state index contributed by atoms with van der Waals surface area (Å²) in [6.45, 7) is 12.7. The maximum Gasteiger partial charge on any atom is 0.234 e. The first-order valence-corrected chi connectivity index (χ1v) is 7.61. The Kier molecular flexibility index (Phi) is 5.17. The standard InChI is InChI=1S/C15H26N4O/c1-5-18(6-2)13-7-8-19(11-13)14-9-16-10-15(17-14)20-12(3)4/h9-10,12-13H,5-8,11H2,1-4H3. The zero-order valence-electron chi connectivity index (χ0n) is 13.0. The lowest BCUT2D eigenvalue weighted by Crippen LogP contribution is -2.37. The first-order chi connectivity index (χ1) is 9.63. The number of ether oxygens (including phenoxy) is 1. The predicted octanol–water partition coefficient (Wildman–Crippen LogP) is 2.18. The van der Waals surface area contributed by atoms with Gasteiger partial charge in [-0.25, -0.2) is 0 Å². The Bertz CT molecular complexity index is 420. The third-order valence-electron chi connectivity index (χ3n) is 3.77. The average molecular weight is 278 g/mol. The molecule has 20 heavy (non-hydrogen) atoms. The molecule has 0 bridgehead atoms. The molecule has 1 saturated heterocycles. The fraction of sp³-hybridized carbons (Fsp3) is 0.733. The number of likely N-dealkylation sites (N-methyl/N-ethyl adjacent to an activating group) is 1. The summed E-state index contributed by atoms with van der Waals surface area (Å²) in [5, 5.41) is 0. The van der Waals surface area contributed by atoms with Gasteiger partial charge >= 0.3 is 0 Å². The summed E-state index contributed by atoms with van der Waals surface area (Å²) in [6, 6.07) is 0.626. The van der Waals surface area contributed by atoms with E-state index in [9.17, 15) is 0 Å². The summed E-state index contributed by atoms with van der Waals surface area (Å²) in [7, 11) is 0. The predicted molar refractivity (Wildman–Crippen MR) is 81.3 cm³/mol. The Morgan fingerprint density at radius 2 is 2.10 bits per heavy atom. The van der Waals surface area contributed by atoms with Gasteiger partial charge in [-0.1, -0.05) is 13.8 Å². The highest BCUT2D eigenvalue weighted by molar-refractivity contribution is 5.39. The van der Waals surface area contributed by atoms with Crippen LogP contribution >= 0.6 is 0 Å². The zero-order chi connectivity index (χ0) is 14.5. The van der Waals surface area contributed by atoms with E-state index >= 15 is 0 Å². The van der Waals surface area contributed by atoms with E-state index in [2.05, 4.69) is 33.6 Å². The van der Waals surface area contributed by atoms with Crippen molar-refractivity contribution in [3.8, 4) is 5.88 Å². The molecule has 1 aliphatic rings. The molecule has 1 unspecified atom stereocenters. The molecule has 1 aliphatic heterocycles. The maximum absolute atomic E-state index is 5.62. The van der Waals surface area contributed by atoms with Gasteiger partial charge in [0.05, 0.1) is 18.5 Å². The van der Waals surface area contributed by atoms with Crippen LogP contribution in [0, 0.1) is 0 Å². The van der Waals surface area contributed by atoms with Gasteiger partial charge in [-0.15, -0.1) is 0 Å². The molecule has 0 N–H and O–H groups in total. The molecule has 1 atom stereocenters. The monoisotopic (exact) mass is 278 g/mol. The largest absolute Gasteiger partial charge is 0.474 e. The number of anilines is 1. The van der Waals surface area contributed by atoms with Crippen LogP contribution < -0.4 is 9.64 Å². The van der Waals surface area contributed by atoms with Crippen LogP contribution in [0.15, 0.2) is 12.4 Å². The van der Waals surface area contributed by atoms with Crippen LogP contribution in [0.4, 0.5) is 5.82 Å². The Balaban J connectivity index is 2.02. The van der Waals surface area contributed by atoms with Gasteiger partial charge in [0.25, 0.3) is 0 Å². The Morgan fingerprint density at radius 3 is 2.75 bits per heavy atom. The summed E-state index contributed by atoms with van der Waals surface area (Å²) in [5.74, 6) is 1.54. The van der Waals surface area contributed by atoms with Crippen molar-refractivity contribution in [3.63, 3.8) is 0 Å². The van der Waals surface area contributed by atoms with Crippen LogP contribution in [0.3, 0.4) is 0 Å². The van der Waals surface area contributed by atoms with Crippen molar-refractivity contribution < 1.29 is 4.74 Å². The quantitative estimate of drug-likeness (QED) is 0.798. The van der Waals surface area contributed by atoms with Gasteiger partial charge in [0.2, 0.25) is 5.88 Å². The molecule has 5 nitrogen and oxygen atoms in total. The van der Waals surface area contributed by atoms with Crippen molar-refractivity contribution in [1.29, 1.82) is 0 Å². The van der Waals surface area contributed by atoms with Crippen LogP contribution in [0.1, 0.15) is 34.1 Å². The first kappa shape index (κ1) is 15.0. The van der Waals surface area contributed by atoms with E-state index in [4.69, 9.17) is 4.74 Å². The molecule has 1 fully saturated rings. The normalized spacial score (nSPS) is 19.1. The first-order valence-electron chi connectivity index (χ1n) is 7.61. The molecule has 1 aromatic heterocycles. The third kappa shape index (κ3) is 3.60. The van der Waals surface area contributed by atoms with Crippen molar-refractivity contribution in [3.05, 3.63) is 12.4 Å². The van der Waals surface area contributed by atoms with Crippen molar-refractivity contribution in [2.45, 2.75) is 46.3 Å². The fourth-order valence-electron chi connectivity index (χ4n) is 2.78. The Labute approximate surface area is 122 Å². The second-order valence-corrected chi connectivity index (χ2v) is 5.49. The second kappa shape index (κ2) is 6.88. The topological polar surface area (TPSA) is 41.5 Å². The molecule has 2 heterocycles. The van der Waals surface area contributed by atoms with Crippen LogP contribution in [0.5, 0.6) is 5.88 Å². The number of hydrogen-bond acceptors (Lipinski definition) is 5. The fourth-order valence-corrected chi connectivity index (χ4v) is 2.78. The molecule has 0 radical (unpaired) electrons. The molecule has 1 aromatic rings. The SMILES string of the molecule is CCN(CC)C1CCN(c2cncc(OC(C)C)n2)C1. The van der Waals surface area contributed by atoms with Crippen molar-refractivity contribution >= 4 is 5.82 Å². The Hall–Kier alpha value is -1.36. The van der Waals surface area contributed by atoms with E-state index < -0.39 is 0 Å². The minimum absolute atomic E-state index is 0.126. The Morgan fingerprint density at radius 1 is 1.35 bits per heavy atom. The van der Waals surface area contributed by atoms with Gasteiger partial charge in [0.1, 0.15) is 0 Å². The second-order valence-electron chi connectivity index (χ2n) is 5.49. The molecule has 0 aliphatic carbocycles. The number of hydrogen-bond donors (Lipinski definition) is 0. The smallest absolute Gasteiger partial charge is 0.234 e. The van der Waals surface area contributed by atoms with E-state index in [0.717, 1.165) is 32.0 Å². The highest BCUT2D eigenvalue weighted by Gasteiger charge is 2.27. The van der Waals surface area contributed by atoms with Crippen molar-refractivity contribution in [2.75, 3.05) is 31.1 Å². The number of nitrogens with zero attached hydrogens (tertiary/aromatic N) is 4. The van der Waals surface area contributed by atoms with E-state index in [-0.39, 0.29) is 6.10 Å². The number of rotatable bonds is 6. The van der Waals surface area contributed by atoms with E-state index in [0.29, 0.717) is 11.9 Å². The summed E-state index contributed by atoms with van der Waals surface area (Å²) >= 11 is 0. The van der Waals surface area contributed by atoms with Gasteiger partial charge in [-0.2, -0.15) is 4.98 Å². The van der Waals surface area contributed by atoms with E-state index in [1.165, 1.54) is 6.42 Å².